The van der Waals surface area contributed by atoms with Crippen LogP contribution in [0.25, 0.3) is 0 Å². The molecule has 1 amide bonds. The smallest absolute Gasteiger partial charge is 0.220 e. The maximum absolute atomic E-state index is 11.6. The molecule has 3 N–H and O–H groups in total. The third-order valence-electron chi connectivity index (χ3n) is 3.29. The van der Waals surface area contributed by atoms with Crippen molar-refractivity contribution in [1.82, 2.24) is 5.32 Å². The van der Waals surface area contributed by atoms with Gasteiger partial charge in [-0.1, -0.05) is 6.42 Å². The summed E-state index contributed by atoms with van der Waals surface area (Å²) in [7, 11) is 1.65. The summed E-state index contributed by atoms with van der Waals surface area (Å²) in [5.41, 5.74) is 5.89. The van der Waals surface area contributed by atoms with Crippen LogP contribution in [-0.2, 0) is 9.53 Å². The Bertz CT molecular complexity index is 221. The zero-order chi connectivity index (χ0) is 12.0. The van der Waals surface area contributed by atoms with Crippen LogP contribution >= 0.6 is 0 Å². The van der Waals surface area contributed by atoms with Crippen LogP contribution in [0.4, 0.5) is 0 Å². The van der Waals surface area contributed by atoms with E-state index in [1.807, 2.05) is 6.92 Å². The van der Waals surface area contributed by atoms with Crippen molar-refractivity contribution in [2.45, 2.75) is 51.2 Å². The largest absolute Gasteiger partial charge is 0.380 e. The quantitative estimate of drug-likeness (QED) is 0.739. The Labute approximate surface area is 97.9 Å². The topological polar surface area (TPSA) is 64.3 Å². The van der Waals surface area contributed by atoms with Crippen LogP contribution < -0.4 is 11.1 Å². The maximum Gasteiger partial charge on any atom is 0.220 e. The van der Waals surface area contributed by atoms with E-state index in [9.17, 15) is 4.79 Å². The fourth-order valence-corrected chi connectivity index (χ4v) is 2.19. The summed E-state index contributed by atoms with van der Waals surface area (Å²) in [6.45, 7) is 2.53. The maximum atomic E-state index is 11.6. The minimum absolute atomic E-state index is 0.0811. The molecule has 0 aliphatic heterocycles. The van der Waals surface area contributed by atoms with E-state index >= 15 is 0 Å². The molecule has 3 unspecified atom stereocenters. The number of hydrogen-bond donors (Lipinski definition) is 2. The third kappa shape index (κ3) is 4.94. The van der Waals surface area contributed by atoms with Crippen LogP contribution in [0.2, 0.25) is 0 Å². The van der Waals surface area contributed by atoms with Gasteiger partial charge in [-0.05, 0) is 32.1 Å². The Morgan fingerprint density at radius 1 is 1.56 bits per heavy atom. The van der Waals surface area contributed by atoms with Crippen molar-refractivity contribution in [1.29, 1.82) is 0 Å². The molecule has 0 aromatic carbocycles. The van der Waals surface area contributed by atoms with Gasteiger partial charge in [0.1, 0.15) is 0 Å². The predicted octanol–water partition coefficient (Wildman–Crippen LogP) is 1.05. The first-order chi connectivity index (χ1) is 7.61. The fraction of sp³-hybridized carbons (Fsp3) is 0.917. The molecule has 1 aliphatic carbocycles. The first kappa shape index (κ1) is 13.5. The number of nitrogens with two attached hydrogens (primary N) is 1. The molecule has 16 heavy (non-hydrogen) atoms. The highest BCUT2D eigenvalue weighted by Crippen LogP contribution is 2.25. The van der Waals surface area contributed by atoms with E-state index in [-0.39, 0.29) is 12.0 Å². The predicted molar refractivity (Wildman–Crippen MR) is 64.0 cm³/mol. The number of nitrogens with one attached hydrogen (secondary N) is 1. The fourth-order valence-electron chi connectivity index (χ4n) is 2.19. The number of hydrogen-bond acceptors (Lipinski definition) is 3. The summed E-state index contributed by atoms with van der Waals surface area (Å²) >= 11 is 0. The second-order valence-corrected chi connectivity index (χ2v) is 4.85. The van der Waals surface area contributed by atoms with E-state index in [1.165, 1.54) is 0 Å². The van der Waals surface area contributed by atoms with Gasteiger partial charge in [-0.2, -0.15) is 0 Å². The number of amides is 1. The van der Waals surface area contributed by atoms with E-state index in [4.69, 9.17) is 10.5 Å². The summed E-state index contributed by atoms with van der Waals surface area (Å²) in [6, 6.07) is 0.296. The summed E-state index contributed by atoms with van der Waals surface area (Å²) in [5, 5.41) is 2.89. The molecule has 3 atom stereocenters. The molecule has 4 nitrogen and oxygen atoms in total. The standard InChI is InChI=1S/C12H24N2O2/c1-9(16-2)8-14-12(15)7-10-4-3-5-11(13)6-10/h9-11H,3-8,13H2,1-2H3,(H,14,15). The van der Waals surface area contributed by atoms with E-state index in [0.717, 1.165) is 25.7 Å². The van der Waals surface area contributed by atoms with Gasteiger partial charge in [0, 0.05) is 26.1 Å². The summed E-state index contributed by atoms with van der Waals surface area (Å²) in [5.74, 6) is 0.601. The van der Waals surface area contributed by atoms with E-state index in [1.54, 1.807) is 7.11 Å². The average molecular weight is 228 g/mol. The van der Waals surface area contributed by atoms with Crippen molar-refractivity contribution in [3.8, 4) is 0 Å². The van der Waals surface area contributed by atoms with Crippen LogP contribution in [0.3, 0.4) is 0 Å². The number of ether oxygens (including phenoxy) is 1. The lowest BCUT2D eigenvalue weighted by atomic mass is 9.84. The van der Waals surface area contributed by atoms with Gasteiger partial charge < -0.3 is 15.8 Å². The molecular formula is C12H24N2O2. The summed E-state index contributed by atoms with van der Waals surface area (Å²) < 4.78 is 5.07. The first-order valence-corrected chi connectivity index (χ1v) is 6.17. The molecule has 94 valence electrons. The lowest BCUT2D eigenvalue weighted by Gasteiger charge is -2.26. The van der Waals surface area contributed by atoms with Gasteiger partial charge in [-0.15, -0.1) is 0 Å². The molecule has 1 saturated carbocycles. The van der Waals surface area contributed by atoms with Gasteiger partial charge in [-0.3, -0.25) is 4.79 Å². The highest BCUT2D eigenvalue weighted by atomic mass is 16.5. The summed E-state index contributed by atoms with van der Waals surface area (Å²) in [4.78, 5) is 11.6. The van der Waals surface area contributed by atoms with Crippen molar-refractivity contribution in [2.24, 2.45) is 11.7 Å². The zero-order valence-corrected chi connectivity index (χ0v) is 10.4. The van der Waals surface area contributed by atoms with Crippen LogP contribution in [0.1, 0.15) is 39.0 Å². The normalized spacial score (nSPS) is 27.4. The monoisotopic (exact) mass is 228 g/mol. The molecule has 1 fully saturated rings. The third-order valence-corrected chi connectivity index (χ3v) is 3.29. The number of carbonyl (C=O) groups excluding carboxylic acids is 1. The van der Waals surface area contributed by atoms with Gasteiger partial charge in [0.25, 0.3) is 0 Å². The van der Waals surface area contributed by atoms with Crippen molar-refractivity contribution in [2.75, 3.05) is 13.7 Å². The lowest BCUT2D eigenvalue weighted by Crippen LogP contribution is -2.35. The second kappa shape index (κ2) is 6.86. The number of methoxy groups -OCH3 is 1. The van der Waals surface area contributed by atoms with E-state index in [0.29, 0.717) is 24.9 Å². The van der Waals surface area contributed by atoms with Crippen LogP contribution in [0.15, 0.2) is 0 Å². The molecule has 0 heterocycles. The Balaban J connectivity index is 2.18. The second-order valence-electron chi connectivity index (χ2n) is 4.85. The highest BCUT2D eigenvalue weighted by molar-refractivity contribution is 5.76. The number of carbonyl (C=O) groups is 1. The molecule has 0 radical (unpaired) electrons. The minimum Gasteiger partial charge on any atom is -0.380 e. The average Bonchev–Trinajstić information content (AvgIpc) is 2.26. The highest BCUT2D eigenvalue weighted by Gasteiger charge is 2.21. The molecule has 0 spiro atoms. The first-order valence-electron chi connectivity index (χ1n) is 6.17. The molecular weight excluding hydrogens is 204 g/mol. The number of rotatable bonds is 5. The molecule has 0 aromatic rings. The Morgan fingerprint density at radius 2 is 2.31 bits per heavy atom. The van der Waals surface area contributed by atoms with Crippen molar-refractivity contribution in [3.63, 3.8) is 0 Å². The Kier molecular flexibility index (Phi) is 5.77. The van der Waals surface area contributed by atoms with Gasteiger partial charge in [0.2, 0.25) is 5.91 Å². The van der Waals surface area contributed by atoms with Crippen molar-refractivity contribution >= 4 is 5.91 Å². The lowest BCUT2D eigenvalue weighted by molar-refractivity contribution is -0.122. The van der Waals surface area contributed by atoms with E-state index in [2.05, 4.69) is 5.32 Å². The molecule has 1 rings (SSSR count). The SMILES string of the molecule is COC(C)CNC(=O)CC1CCCC(N)C1. The van der Waals surface area contributed by atoms with Gasteiger partial charge in [0.15, 0.2) is 0 Å². The molecule has 4 heteroatoms. The van der Waals surface area contributed by atoms with Crippen molar-refractivity contribution in [3.05, 3.63) is 0 Å². The Morgan fingerprint density at radius 3 is 2.94 bits per heavy atom. The van der Waals surface area contributed by atoms with Gasteiger partial charge >= 0.3 is 0 Å². The molecule has 0 aromatic heterocycles. The van der Waals surface area contributed by atoms with E-state index < -0.39 is 0 Å². The van der Waals surface area contributed by atoms with Crippen molar-refractivity contribution < 1.29 is 9.53 Å². The molecule has 0 saturated heterocycles. The minimum atomic E-state index is 0.0811. The van der Waals surface area contributed by atoms with Crippen LogP contribution in [0.5, 0.6) is 0 Å². The summed E-state index contributed by atoms with van der Waals surface area (Å²) in [6.07, 6.45) is 5.10. The Hall–Kier alpha value is -0.610. The molecule has 1 aliphatic rings. The van der Waals surface area contributed by atoms with Crippen LogP contribution in [-0.4, -0.2) is 31.7 Å². The van der Waals surface area contributed by atoms with Crippen LogP contribution in [0, 0.1) is 5.92 Å². The zero-order valence-electron chi connectivity index (χ0n) is 10.4. The molecule has 0 bridgehead atoms. The van der Waals surface area contributed by atoms with Gasteiger partial charge in [-0.25, -0.2) is 0 Å². The van der Waals surface area contributed by atoms with Gasteiger partial charge in [0.05, 0.1) is 6.10 Å².